The molecule has 0 aliphatic carbocycles. The molecule has 1 aromatic heterocycles. The second-order valence-electron chi connectivity index (χ2n) is 4.35. The van der Waals surface area contributed by atoms with Gasteiger partial charge in [0.1, 0.15) is 0 Å². The highest BCUT2D eigenvalue weighted by atomic mass is 32.2. The molecule has 1 aliphatic heterocycles. The number of nitrogens with zero attached hydrogens (tertiary/aromatic N) is 3. The molecule has 1 fully saturated rings. The van der Waals surface area contributed by atoms with Gasteiger partial charge in [-0.15, -0.1) is 10.2 Å². The van der Waals surface area contributed by atoms with E-state index in [9.17, 15) is 8.42 Å². The standard InChI is InChI=1S/C10H13N3O3S2/c1-7(4-11)5-17-10-13-12-9(16-10)8-2-3-18(14,15)6-8/h7-8H,2-3,5-6H2,1H3/t7-,8-/m1/s1. The summed E-state index contributed by atoms with van der Waals surface area (Å²) in [6.07, 6.45) is 0.545. The number of nitriles is 1. The van der Waals surface area contributed by atoms with E-state index in [4.69, 9.17) is 9.68 Å². The molecule has 18 heavy (non-hydrogen) atoms. The van der Waals surface area contributed by atoms with E-state index >= 15 is 0 Å². The van der Waals surface area contributed by atoms with Crippen molar-refractivity contribution in [2.45, 2.75) is 24.5 Å². The van der Waals surface area contributed by atoms with Crippen LogP contribution in [0.4, 0.5) is 0 Å². The lowest BCUT2D eigenvalue weighted by molar-refractivity contribution is 0.393. The molecule has 0 spiro atoms. The van der Waals surface area contributed by atoms with E-state index in [-0.39, 0.29) is 23.3 Å². The van der Waals surface area contributed by atoms with Crippen LogP contribution >= 0.6 is 11.8 Å². The first-order valence-electron chi connectivity index (χ1n) is 5.56. The van der Waals surface area contributed by atoms with Crippen molar-refractivity contribution in [3.8, 4) is 6.07 Å². The van der Waals surface area contributed by atoms with Gasteiger partial charge in [0.25, 0.3) is 5.22 Å². The molecule has 2 rings (SSSR count). The third-order valence-corrected chi connectivity index (χ3v) is 5.53. The van der Waals surface area contributed by atoms with Crippen LogP contribution in [-0.2, 0) is 9.84 Å². The van der Waals surface area contributed by atoms with E-state index in [0.29, 0.717) is 23.3 Å². The largest absolute Gasteiger partial charge is 0.416 e. The zero-order valence-corrected chi connectivity index (χ0v) is 11.5. The summed E-state index contributed by atoms with van der Waals surface area (Å²) >= 11 is 1.32. The average molecular weight is 287 g/mol. The molecule has 0 aromatic carbocycles. The molecule has 0 N–H and O–H groups in total. The van der Waals surface area contributed by atoms with Gasteiger partial charge in [0.15, 0.2) is 9.84 Å². The fraction of sp³-hybridized carbons (Fsp3) is 0.700. The van der Waals surface area contributed by atoms with E-state index in [1.54, 1.807) is 0 Å². The van der Waals surface area contributed by atoms with Gasteiger partial charge < -0.3 is 4.42 Å². The van der Waals surface area contributed by atoms with Crippen LogP contribution in [0.15, 0.2) is 9.64 Å². The summed E-state index contributed by atoms with van der Waals surface area (Å²) in [6.45, 7) is 1.81. The highest BCUT2D eigenvalue weighted by molar-refractivity contribution is 7.99. The molecule has 2 atom stereocenters. The van der Waals surface area contributed by atoms with Crippen LogP contribution in [-0.4, -0.2) is 35.9 Å². The normalized spacial score (nSPS) is 23.7. The summed E-state index contributed by atoms with van der Waals surface area (Å²) in [5.41, 5.74) is 0. The van der Waals surface area contributed by atoms with Gasteiger partial charge in [-0.25, -0.2) is 8.42 Å². The van der Waals surface area contributed by atoms with Gasteiger partial charge in [-0.1, -0.05) is 11.8 Å². The zero-order chi connectivity index (χ0) is 13.2. The van der Waals surface area contributed by atoms with Crippen LogP contribution in [0.5, 0.6) is 0 Å². The predicted molar refractivity (Wildman–Crippen MR) is 65.8 cm³/mol. The Kier molecular flexibility index (Phi) is 3.92. The molecule has 98 valence electrons. The minimum absolute atomic E-state index is 0.0859. The van der Waals surface area contributed by atoms with Crippen LogP contribution in [0.3, 0.4) is 0 Å². The van der Waals surface area contributed by atoms with Crippen molar-refractivity contribution in [3.63, 3.8) is 0 Å². The average Bonchev–Trinajstić information content (AvgIpc) is 2.92. The van der Waals surface area contributed by atoms with Crippen LogP contribution in [0.25, 0.3) is 0 Å². The molecule has 6 nitrogen and oxygen atoms in total. The summed E-state index contributed by atoms with van der Waals surface area (Å²) in [6, 6.07) is 2.12. The van der Waals surface area contributed by atoms with E-state index in [1.165, 1.54) is 11.8 Å². The first kappa shape index (κ1) is 13.4. The minimum atomic E-state index is -2.94. The lowest BCUT2D eigenvalue weighted by atomic mass is 10.1. The van der Waals surface area contributed by atoms with Gasteiger partial charge in [-0.2, -0.15) is 5.26 Å². The van der Waals surface area contributed by atoms with Crippen molar-refractivity contribution in [2.24, 2.45) is 5.92 Å². The highest BCUT2D eigenvalue weighted by Crippen LogP contribution is 2.29. The summed E-state index contributed by atoms with van der Waals surface area (Å²) in [5, 5.41) is 16.8. The third-order valence-electron chi connectivity index (χ3n) is 2.68. The van der Waals surface area contributed by atoms with E-state index in [2.05, 4.69) is 16.3 Å². The second kappa shape index (κ2) is 5.28. The first-order chi connectivity index (χ1) is 8.50. The van der Waals surface area contributed by atoms with Crippen LogP contribution in [0, 0.1) is 17.2 Å². The SMILES string of the molecule is C[C@H](C#N)CSc1nnc([C@@H]2CCS(=O)(=O)C2)o1. The smallest absolute Gasteiger partial charge is 0.276 e. The van der Waals surface area contributed by atoms with Crippen LogP contribution < -0.4 is 0 Å². The van der Waals surface area contributed by atoms with Crippen LogP contribution in [0.1, 0.15) is 25.2 Å². The van der Waals surface area contributed by atoms with Crippen molar-refractivity contribution >= 4 is 21.6 Å². The fourth-order valence-corrected chi connectivity index (χ4v) is 4.11. The molecule has 1 aliphatic rings. The number of aromatic nitrogens is 2. The van der Waals surface area contributed by atoms with Gasteiger partial charge in [0.05, 0.1) is 29.4 Å². The van der Waals surface area contributed by atoms with Crippen molar-refractivity contribution < 1.29 is 12.8 Å². The van der Waals surface area contributed by atoms with Crippen LogP contribution in [0.2, 0.25) is 0 Å². The monoisotopic (exact) mass is 287 g/mol. The van der Waals surface area contributed by atoms with E-state index in [1.807, 2.05) is 6.92 Å². The Labute approximate surface area is 110 Å². The van der Waals surface area contributed by atoms with Crippen molar-refractivity contribution in [1.82, 2.24) is 10.2 Å². The van der Waals surface area contributed by atoms with E-state index < -0.39 is 9.84 Å². The lowest BCUT2D eigenvalue weighted by Crippen LogP contribution is -2.03. The topological polar surface area (TPSA) is 96.9 Å². The molecule has 0 radical (unpaired) electrons. The number of hydrogen-bond donors (Lipinski definition) is 0. The molecule has 2 heterocycles. The number of hydrogen-bond acceptors (Lipinski definition) is 7. The summed E-state index contributed by atoms with van der Waals surface area (Å²) in [5.74, 6) is 0.994. The molecule has 0 bridgehead atoms. The van der Waals surface area contributed by atoms with E-state index in [0.717, 1.165) is 0 Å². The summed E-state index contributed by atoms with van der Waals surface area (Å²) in [7, 11) is -2.94. The summed E-state index contributed by atoms with van der Waals surface area (Å²) in [4.78, 5) is 0. The number of thioether (sulfide) groups is 1. The molecule has 0 unspecified atom stereocenters. The van der Waals surface area contributed by atoms with Crippen molar-refractivity contribution in [1.29, 1.82) is 5.26 Å². The first-order valence-corrected chi connectivity index (χ1v) is 8.37. The Morgan fingerprint density at radius 3 is 3.00 bits per heavy atom. The molecule has 1 aromatic rings. The third kappa shape index (κ3) is 3.23. The molecule has 0 saturated carbocycles. The molecule has 1 saturated heterocycles. The minimum Gasteiger partial charge on any atom is -0.416 e. The molecule has 0 amide bonds. The molecular weight excluding hydrogens is 274 g/mol. The fourth-order valence-electron chi connectivity index (χ4n) is 1.67. The number of sulfone groups is 1. The number of rotatable bonds is 4. The highest BCUT2D eigenvalue weighted by Gasteiger charge is 2.32. The Morgan fingerprint density at radius 1 is 1.61 bits per heavy atom. The Balaban J connectivity index is 1.97. The lowest BCUT2D eigenvalue weighted by Gasteiger charge is -1.99. The second-order valence-corrected chi connectivity index (χ2v) is 7.55. The van der Waals surface area contributed by atoms with Gasteiger partial charge in [-0.05, 0) is 13.3 Å². The summed E-state index contributed by atoms with van der Waals surface area (Å²) < 4.78 is 28.1. The quantitative estimate of drug-likeness (QED) is 0.768. The van der Waals surface area contributed by atoms with Gasteiger partial charge >= 0.3 is 0 Å². The predicted octanol–water partition coefficient (Wildman–Crippen LogP) is 1.22. The van der Waals surface area contributed by atoms with Crippen molar-refractivity contribution in [3.05, 3.63) is 5.89 Å². The maximum absolute atomic E-state index is 11.3. The van der Waals surface area contributed by atoms with Gasteiger partial charge in [0, 0.05) is 5.75 Å². The maximum atomic E-state index is 11.3. The van der Waals surface area contributed by atoms with Gasteiger partial charge in [0.2, 0.25) is 5.89 Å². The zero-order valence-electron chi connectivity index (χ0n) is 9.87. The maximum Gasteiger partial charge on any atom is 0.276 e. The van der Waals surface area contributed by atoms with Gasteiger partial charge in [-0.3, -0.25) is 0 Å². The Bertz CT molecular complexity index is 561. The molecular formula is C10H13N3O3S2. The Hall–Kier alpha value is -1.07. The Morgan fingerprint density at radius 2 is 2.39 bits per heavy atom. The molecule has 8 heteroatoms. The van der Waals surface area contributed by atoms with Crippen molar-refractivity contribution in [2.75, 3.05) is 17.3 Å².